The van der Waals surface area contributed by atoms with Gasteiger partial charge in [-0.25, -0.2) is 0 Å². The largest absolute Gasteiger partial charge is 0.377 e. The summed E-state index contributed by atoms with van der Waals surface area (Å²) in [7, 11) is 1.88. The molecular formula is C20H27ClN6O. The lowest BCUT2D eigenvalue weighted by atomic mass is 9.91. The van der Waals surface area contributed by atoms with E-state index in [4.69, 9.17) is 21.7 Å². The normalized spacial score (nSPS) is 19.3. The van der Waals surface area contributed by atoms with Gasteiger partial charge in [0.2, 0.25) is 0 Å². The van der Waals surface area contributed by atoms with Crippen LogP contribution < -0.4 is 10.2 Å². The first-order valence-corrected chi connectivity index (χ1v) is 10.1. The molecule has 2 aromatic rings. The molecule has 2 saturated heterocycles. The molecule has 0 bridgehead atoms. The zero-order valence-electron chi connectivity index (χ0n) is 16.4. The van der Waals surface area contributed by atoms with Crippen molar-refractivity contribution in [1.29, 1.82) is 5.41 Å². The lowest BCUT2D eigenvalue weighted by molar-refractivity contribution is -0.143. The van der Waals surface area contributed by atoms with Gasteiger partial charge in [0.1, 0.15) is 0 Å². The first-order chi connectivity index (χ1) is 13.5. The van der Waals surface area contributed by atoms with Gasteiger partial charge in [-0.2, -0.15) is 5.10 Å². The van der Waals surface area contributed by atoms with Gasteiger partial charge in [0.25, 0.3) is 0 Å². The highest BCUT2D eigenvalue weighted by molar-refractivity contribution is 6.33. The van der Waals surface area contributed by atoms with Crippen LogP contribution in [0.15, 0.2) is 24.5 Å². The number of aryl methyl sites for hydroxylation is 1. The van der Waals surface area contributed by atoms with Crippen LogP contribution >= 0.6 is 11.6 Å². The minimum absolute atomic E-state index is 0.229. The van der Waals surface area contributed by atoms with Crippen molar-refractivity contribution in [2.24, 2.45) is 7.05 Å². The summed E-state index contributed by atoms with van der Waals surface area (Å²) in [6, 6.07) is 3.91. The number of ether oxygens (including phenoxy) is 1. The molecule has 28 heavy (non-hydrogen) atoms. The Balaban J connectivity index is 1.53. The second-order valence-electron chi connectivity index (χ2n) is 7.61. The van der Waals surface area contributed by atoms with Crippen LogP contribution in [-0.2, 0) is 11.8 Å². The summed E-state index contributed by atoms with van der Waals surface area (Å²) < 4.78 is 7.25. The maximum atomic E-state index is 7.73. The third kappa shape index (κ3) is 3.50. The highest BCUT2D eigenvalue weighted by atomic mass is 35.5. The average molecular weight is 403 g/mol. The van der Waals surface area contributed by atoms with Crippen LogP contribution in [0.3, 0.4) is 0 Å². The predicted molar refractivity (Wildman–Crippen MR) is 113 cm³/mol. The van der Waals surface area contributed by atoms with Crippen molar-refractivity contribution in [3.63, 3.8) is 0 Å². The van der Waals surface area contributed by atoms with E-state index >= 15 is 0 Å². The molecule has 150 valence electrons. The maximum absolute atomic E-state index is 7.73. The van der Waals surface area contributed by atoms with E-state index in [-0.39, 0.29) is 5.54 Å². The quantitative estimate of drug-likeness (QED) is 0.726. The third-order valence-corrected chi connectivity index (χ3v) is 6.25. The summed E-state index contributed by atoms with van der Waals surface area (Å²) in [6.07, 6.45) is 6.13. The fraction of sp³-hybridized carbons (Fsp3) is 0.500. The molecule has 0 amide bonds. The molecule has 4 rings (SSSR count). The molecule has 0 unspecified atom stereocenters. The molecule has 0 saturated carbocycles. The van der Waals surface area contributed by atoms with Crippen molar-refractivity contribution in [1.82, 2.24) is 14.7 Å². The van der Waals surface area contributed by atoms with Gasteiger partial charge in [-0.15, -0.1) is 0 Å². The molecule has 8 heteroatoms. The second-order valence-corrected chi connectivity index (χ2v) is 8.01. The molecule has 2 aliphatic rings. The lowest BCUT2D eigenvalue weighted by Gasteiger charge is -2.52. The van der Waals surface area contributed by atoms with E-state index in [2.05, 4.69) is 27.1 Å². The molecule has 2 fully saturated rings. The molecule has 0 atom stereocenters. The smallest absolute Gasteiger partial charge is 0.0770 e. The average Bonchev–Trinajstić information content (AvgIpc) is 3.08. The number of piperazine rings is 1. The van der Waals surface area contributed by atoms with E-state index in [1.807, 2.05) is 25.4 Å². The van der Waals surface area contributed by atoms with Crippen LogP contribution in [0.25, 0.3) is 0 Å². The van der Waals surface area contributed by atoms with Crippen molar-refractivity contribution in [3.05, 3.63) is 35.1 Å². The Hall–Kier alpha value is -2.09. The Labute approximate surface area is 170 Å². The van der Waals surface area contributed by atoms with Gasteiger partial charge in [0.05, 0.1) is 41.3 Å². The molecule has 1 aromatic carbocycles. The number of anilines is 3. The van der Waals surface area contributed by atoms with Gasteiger partial charge >= 0.3 is 0 Å². The summed E-state index contributed by atoms with van der Waals surface area (Å²) >= 11 is 6.59. The molecule has 1 aromatic heterocycles. The van der Waals surface area contributed by atoms with Crippen molar-refractivity contribution < 1.29 is 4.74 Å². The van der Waals surface area contributed by atoms with Crippen molar-refractivity contribution in [2.75, 3.05) is 49.6 Å². The van der Waals surface area contributed by atoms with E-state index < -0.39 is 0 Å². The van der Waals surface area contributed by atoms with E-state index in [1.54, 1.807) is 10.9 Å². The molecular weight excluding hydrogens is 376 g/mol. The minimum Gasteiger partial charge on any atom is -0.377 e. The number of rotatable bonds is 6. The van der Waals surface area contributed by atoms with Crippen LogP contribution in [0.1, 0.15) is 18.9 Å². The highest BCUT2D eigenvalue weighted by Crippen LogP contribution is 2.35. The van der Waals surface area contributed by atoms with Crippen LogP contribution in [-0.4, -0.2) is 65.8 Å². The molecule has 0 spiro atoms. The van der Waals surface area contributed by atoms with Crippen molar-refractivity contribution >= 4 is 34.9 Å². The number of halogens is 1. The fourth-order valence-corrected chi connectivity index (χ4v) is 4.35. The van der Waals surface area contributed by atoms with Gasteiger partial charge in [0, 0.05) is 56.9 Å². The first kappa shape index (κ1) is 19.2. The maximum Gasteiger partial charge on any atom is 0.0770 e. The zero-order chi connectivity index (χ0) is 19.7. The fourth-order valence-electron chi connectivity index (χ4n) is 4.06. The van der Waals surface area contributed by atoms with E-state index in [0.29, 0.717) is 5.02 Å². The second kappa shape index (κ2) is 7.73. The molecule has 3 heterocycles. The topological polar surface area (TPSA) is 69.4 Å². The Bertz CT molecular complexity index is 849. The van der Waals surface area contributed by atoms with Crippen molar-refractivity contribution in [2.45, 2.75) is 18.9 Å². The monoisotopic (exact) mass is 402 g/mol. The Kier molecular flexibility index (Phi) is 5.31. The molecule has 2 N–H and O–H groups in total. The van der Waals surface area contributed by atoms with Crippen LogP contribution in [0.4, 0.5) is 17.1 Å². The van der Waals surface area contributed by atoms with Gasteiger partial charge < -0.3 is 20.4 Å². The number of nitrogens with zero attached hydrogens (tertiary/aromatic N) is 4. The molecule has 2 aliphatic heterocycles. The SMILES string of the molecule is CCC1(N2CCN(c3cc(Nc4cnn(C)c4)c(C=N)cc3Cl)CC2)COC1. The number of hydrogen-bond acceptors (Lipinski definition) is 6. The van der Waals surface area contributed by atoms with E-state index in [1.165, 1.54) is 6.21 Å². The van der Waals surface area contributed by atoms with Gasteiger partial charge in [-0.3, -0.25) is 9.58 Å². The Morgan fingerprint density at radius 3 is 2.57 bits per heavy atom. The zero-order valence-corrected chi connectivity index (χ0v) is 17.2. The van der Waals surface area contributed by atoms with Gasteiger partial charge in [-0.1, -0.05) is 18.5 Å². The third-order valence-electron chi connectivity index (χ3n) is 5.95. The standard InChI is InChI=1S/C20H27ClN6O/c1-3-20(13-28-14-20)27-6-4-26(5-7-27)19-9-18(15(10-22)8-17(19)21)24-16-11-23-25(2)12-16/h8-12,22,24H,3-7,13-14H2,1-2H3. The van der Waals surface area contributed by atoms with E-state index in [0.717, 1.165) is 68.4 Å². The lowest BCUT2D eigenvalue weighted by Crippen LogP contribution is -2.66. The first-order valence-electron chi connectivity index (χ1n) is 9.72. The number of aromatic nitrogens is 2. The minimum atomic E-state index is 0.229. The van der Waals surface area contributed by atoms with Crippen LogP contribution in [0.2, 0.25) is 5.02 Å². The summed E-state index contributed by atoms with van der Waals surface area (Å²) in [5.74, 6) is 0. The molecule has 7 nitrogen and oxygen atoms in total. The van der Waals surface area contributed by atoms with Crippen LogP contribution in [0.5, 0.6) is 0 Å². The number of benzene rings is 1. The summed E-state index contributed by atoms with van der Waals surface area (Å²) in [4.78, 5) is 4.91. The number of nitrogens with one attached hydrogen (secondary N) is 2. The highest BCUT2D eigenvalue weighted by Gasteiger charge is 2.43. The summed E-state index contributed by atoms with van der Waals surface area (Å²) in [6.45, 7) is 7.80. The summed E-state index contributed by atoms with van der Waals surface area (Å²) in [5.41, 5.74) is 3.75. The predicted octanol–water partition coefficient (Wildman–Crippen LogP) is 3.12. The Morgan fingerprint density at radius 1 is 1.29 bits per heavy atom. The van der Waals surface area contributed by atoms with Gasteiger partial charge in [-0.05, 0) is 18.6 Å². The van der Waals surface area contributed by atoms with Gasteiger partial charge in [0.15, 0.2) is 0 Å². The molecule has 0 aliphatic carbocycles. The Morgan fingerprint density at radius 2 is 2.04 bits per heavy atom. The van der Waals surface area contributed by atoms with Crippen LogP contribution in [0, 0.1) is 5.41 Å². The summed E-state index contributed by atoms with van der Waals surface area (Å²) in [5, 5.41) is 16.0. The number of hydrogen-bond donors (Lipinski definition) is 2. The van der Waals surface area contributed by atoms with Crippen molar-refractivity contribution in [3.8, 4) is 0 Å². The van der Waals surface area contributed by atoms with E-state index in [9.17, 15) is 0 Å². The molecule has 0 radical (unpaired) electrons.